The summed E-state index contributed by atoms with van der Waals surface area (Å²) in [6, 6.07) is 8.07. The molecule has 0 bridgehead atoms. The number of anilines is 1. The van der Waals surface area contributed by atoms with Crippen molar-refractivity contribution in [1.29, 1.82) is 0 Å². The number of benzene rings is 2. The average molecular weight is 367 g/mol. The highest BCUT2D eigenvalue weighted by atomic mass is 16.6. The zero-order chi connectivity index (χ0) is 19.9. The number of nitro groups is 1. The standard InChI is InChI=1S/C19H17N3O5/c1-10-7-8-13(9-11(10)2)20-17(23)12(3)21-18(24)14-5-4-6-15(22(26)27)16(14)19(21)25/h4-9,12H,1-3H3,(H,20,23)/t12-/m0/s1. The van der Waals surface area contributed by atoms with Gasteiger partial charge >= 0.3 is 0 Å². The molecule has 27 heavy (non-hydrogen) atoms. The number of carbonyl (C=O) groups is 3. The van der Waals surface area contributed by atoms with Crippen molar-refractivity contribution in [2.75, 3.05) is 5.32 Å². The molecule has 0 unspecified atom stereocenters. The molecule has 138 valence electrons. The first-order valence-electron chi connectivity index (χ1n) is 8.25. The largest absolute Gasteiger partial charge is 0.324 e. The number of hydrogen-bond donors (Lipinski definition) is 1. The highest BCUT2D eigenvalue weighted by Gasteiger charge is 2.44. The third-order valence-corrected chi connectivity index (χ3v) is 4.66. The van der Waals surface area contributed by atoms with Gasteiger partial charge in [-0.15, -0.1) is 0 Å². The van der Waals surface area contributed by atoms with E-state index in [9.17, 15) is 24.5 Å². The van der Waals surface area contributed by atoms with E-state index in [1.807, 2.05) is 19.9 Å². The van der Waals surface area contributed by atoms with Gasteiger partial charge in [-0.2, -0.15) is 0 Å². The third kappa shape index (κ3) is 3.05. The second-order valence-corrected chi connectivity index (χ2v) is 6.40. The summed E-state index contributed by atoms with van der Waals surface area (Å²) in [5.74, 6) is -2.12. The molecule has 1 heterocycles. The van der Waals surface area contributed by atoms with Crippen LogP contribution in [0, 0.1) is 24.0 Å². The Morgan fingerprint density at radius 3 is 2.44 bits per heavy atom. The molecule has 0 radical (unpaired) electrons. The predicted molar refractivity (Wildman–Crippen MR) is 97.6 cm³/mol. The summed E-state index contributed by atoms with van der Waals surface area (Å²) >= 11 is 0. The minimum Gasteiger partial charge on any atom is -0.324 e. The van der Waals surface area contributed by atoms with Gasteiger partial charge in [0.15, 0.2) is 0 Å². The summed E-state index contributed by atoms with van der Waals surface area (Å²) < 4.78 is 0. The first-order chi connectivity index (χ1) is 12.7. The summed E-state index contributed by atoms with van der Waals surface area (Å²) in [7, 11) is 0. The van der Waals surface area contributed by atoms with E-state index in [0.29, 0.717) is 5.69 Å². The van der Waals surface area contributed by atoms with Crippen molar-refractivity contribution in [1.82, 2.24) is 4.90 Å². The van der Waals surface area contributed by atoms with Crippen LogP contribution in [-0.2, 0) is 4.79 Å². The van der Waals surface area contributed by atoms with Gasteiger partial charge in [-0.1, -0.05) is 12.1 Å². The number of amides is 3. The molecule has 3 amide bonds. The molecule has 1 aliphatic heterocycles. The monoisotopic (exact) mass is 367 g/mol. The van der Waals surface area contributed by atoms with E-state index in [2.05, 4.69) is 5.32 Å². The molecule has 2 aromatic carbocycles. The van der Waals surface area contributed by atoms with Crippen LogP contribution >= 0.6 is 0 Å². The van der Waals surface area contributed by atoms with E-state index in [1.54, 1.807) is 12.1 Å². The SMILES string of the molecule is Cc1ccc(NC(=O)[C@H](C)N2C(=O)c3cccc([N+](=O)[O-])c3C2=O)cc1C. The second-order valence-electron chi connectivity index (χ2n) is 6.40. The van der Waals surface area contributed by atoms with Gasteiger partial charge in [0, 0.05) is 11.8 Å². The van der Waals surface area contributed by atoms with Crippen molar-refractivity contribution < 1.29 is 19.3 Å². The number of fused-ring (bicyclic) bond motifs is 1. The number of hydrogen-bond acceptors (Lipinski definition) is 5. The number of aryl methyl sites for hydroxylation is 2. The predicted octanol–water partition coefficient (Wildman–Crippen LogP) is 2.83. The minimum atomic E-state index is -1.13. The molecule has 0 aliphatic carbocycles. The Kier molecular flexibility index (Phi) is 4.49. The van der Waals surface area contributed by atoms with Crippen LogP contribution in [0.25, 0.3) is 0 Å². The van der Waals surface area contributed by atoms with Gasteiger partial charge in [-0.05, 0) is 50.1 Å². The van der Waals surface area contributed by atoms with E-state index in [0.717, 1.165) is 22.1 Å². The van der Waals surface area contributed by atoms with Gasteiger partial charge in [0.2, 0.25) is 5.91 Å². The van der Waals surface area contributed by atoms with Crippen molar-refractivity contribution in [3.63, 3.8) is 0 Å². The first-order valence-corrected chi connectivity index (χ1v) is 8.25. The molecular formula is C19H17N3O5. The molecule has 1 atom stereocenters. The summed E-state index contributed by atoms with van der Waals surface area (Å²) in [5.41, 5.74) is 1.79. The van der Waals surface area contributed by atoms with E-state index >= 15 is 0 Å². The van der Waals surface area contributed by atoms with Crippen LogP contribution in [0.15, 0.2) is 36.4 Å². The second kappa shape index (κ2) is 6.64. The third-order valence-electron chi connectivity index (χ3n) is 4.66. The van der Waals surface area contributed by atoms with Crippen molar-refractivity contribution in [2.24, 2.45) is 0 Å². The molecule has 8 heteroatoms. The van der Waals surface area contributed by atoms with Crippen LogP contribution in [0.1, 0.15) is 38.8 Å². The molecule has 0 fully saturated rings. The fraction of sp³-hybridized carbons (Fsp3) is 0.211. The van der Waals surface area contributed by atoms with Crippen LogP contribution in [0.4, 0.5) is 11.4 Å². The highest BCUT2D eigenvalue weighted by Crippen LogP contribution is 2.32. The van der Waals surface area contributed by atoms with Crippen molar-refractivity contribution in [3.05, 3.63) is 68.8 Å². The van der Waals surface area contributed by atoms with Crippen LogP contribution in [0.5, 0.6) is 0 Å². The van der Waals surface area contributed by atoms with Gasteiger partial charge < -0.3 is 5.32 Å². The Morgan fingerprint density at radius 2 is 1.81 bits per heavy atom. The Labute approximate surface area is 154 Å². The molecule has 3 rings (SSSR count). The zero-order valence-electron chi connectivity index (χ0n) is 15.0. The topological polar surface area (TPSA) is 110 Å². The lowest BCUT2D eigenvalue weighted by Crippen LogP contribution is -2.45. The number of carbonyl (C=O) groups excluding carboxylic acids is 3. The molecule has 0 saturated heterocycles. The van der Waals surface area contributed by atoms with Crippen LogP contribution in [0.3, 0.4) is 0 Å². The van der Waals surface area contributed by atoms with Crippen LogP contribution < -0.4 is 5.32 Å². The summed E-state index contributed by atoms with van der Waals surface area (Å²) in [6.45, 7) is 5.25. The number of rotatable bonds is 4. The van der Waals surface area contributed by atoms with Crippen LogP contribution in [-0.4, -0.2) is 33.6 Å². The quantitative estimate of drug-likeness (QED) is 0.508. The Hall–Kier alpha value is -3.55. The molecule has 8 nitrogen and oxygen atoms in total. The lowest BCUT2D eigenvalue weighted by molar-refractivity contribution is -0.385. The van der Waals surface area contributed by atoms with Crippen molar-refractivity contribution in [2.45, 2.75) is 26.8 Å². The number of nitro benzene ring substituents is 1. The molecule has 0 spiro atoms. The molecular weight excluding hydrogens is 350 g/mol. The Bertz CT molecular complexity index is 999. The fourth-order valence-electron chi connectivity index (χ4n) is 2.97. The molecule has 0 aromatic heterocycles. The number of nitrogens with one attached hydrogen (secondary N) is 1. The van der Waals surface area contributed by atoms with Gasteiger partial charge in [-0.3, -0.25) is 29.4 Å². The summed E-state index contributed by atoms with van der Waals surface area (Å²) in [5, 5.41) is 13.8. The van der Waals surface area contributed by atoms with E-state index in [1.165, 1.54) is 19.1 Å². The zero-order valence-corrected chi connectivity index (χ0v) is 15.0. The normalized spacial score (nSPS) is 14.1. The smallest absolute Gasteiger partial charge is 0.282 e. The molecule has 2 aromatic rings. The minimum absolute atomic E-state index is 0.0694. The Balaban J connectivity index is 1.88. The average Bonchev–Trinajstić information content (AvgIpc) is 2.88. The first kappa shape index (κ1) is 18.2. The maximum absolute atomic E-state index is 12.7. The maximum Gasteiger partial charge on any atom is 0.282 e. The lowest BCUT2D eigenvalue weighted by Gasteiger charge is -2.21. The number of imide groups is 1. The molecule has 1 aliphatic rings. The lowest BCUT2D eigenvalue weighted by atomic mass is 10.1. The van der Waals surface area contributed by atoms with E-state index in [-0.39, 0.29) is 11.1 Å². The highest BCUT2D eigenvalue weighted by molar-refractivity contribution is 6.24. The number of nitrogens with zero attached hydrogens (tertiary/aromatic N) is 2. The molecule has 0 saturated carbocycles. The van der Waals surface area contributed by atoms with Crippen molar-refractivity contribution in [3.8, 4) is 0 Å². The van der Waals surface area contributed by atoms with Gasteiger partial charge in [0.05, 0.1) is 10.5 Å². The Morgan fingerprint density at radius 1 is 1.11 bits per heavy atom. The molecule has 1 N–H and O–H groups in total. The fourth-order valence-corrected chi connectivity index (χ4v) is 2.97. The van der Waals surface area contributed by atoms with E-state index < -0.39 is 34.4 Å². The van der Waals surface area contributed by atoms with Crippen LogP contribution in [0.2, 0.25) is 0 Å². The van der Waals surface area contributed by atoms with Gasteiger partial charge in [0.25, 0.3) is 17.5 Å². The van der Waals surface area contributed by atoms with Gasteiger partial charge in [0.1, 0.15) is 11.6 Å². The summed E-state index contributed by atoms with van der Waals surface area (Å²) in [4.78, 5) is 49.0. The van der Waals surface area contributed by atoms with Crippen molar-refractivity contribution >= 4 is 29.1 Å². The summed E-state index contributed by atoms with van der Waals surface area (Å²) in [6.07, 6.45) is 0. The van der Waals surface area contributed by atoms with E-state index in [4.69, 9.17) is 0 Å². The van der Waals surface area contributed by atoms with Gasteiger partial charge in [-0.25, -0.2) is 0 Å². The maximum atomic E-state index is 12.7.